The van der Waals surface area contributed by atoms with Crippen LogP contribution in [0.2, 0.25) is 0 Å². The van der Waals surface area contributed by atoms with Gasteiger partial charge >= 0.3 is 5.97 Å². The molecular formula is C16H23N3O2. The maximum atomic E-state index is 11.2. The van der Waals surface area contributed by atoms with Crippen molar-refractivity contribution in [3.05, 3.63) is 24.0 Å². The Labute approximate surface area is 125 Å². The summed E-state index contributed by atoms with van der Waals surface area (Å²) in [5.74, 6) is -0.863. The zero-order chi connectivity index (χ0) is 15.5. The van der Waals surface area contributed by atoms with Crippen LogP contribution >= 0.6 is 0 Å². The van der Waals surface area contributed by atoms with Gasteiger partial charge in [-0.25, -0.2) is 4.79 Å². The molecule has 0 bridgehead atoms. The molecule has 1 aromatic heterocycles. The van der Waals surface area contributed by atoms with E-state index in [0.717, 1.165) is 38.9 Å². The zero-order valence-corrected chi connectivity index (χ0v) is 12.7. The van der Waals surface area contributed by atoms with Crippen LogP contribution in [0.3, 0.4) is 0 Å². The monoisotopic (exact) mass is 289 g/mol. The number of carbonyl (C=O) groups is 1. The molecule has 1 aliphatic heterocycles. The second-order valence-corrected chi connectivity index (χ2v) is 6.42. The molecule has 0 atom stereocenters. The molecule has 0 aliphatic carbocycles. The molecule has 0 saturated carbocycles. The van der Waals surface area contributed by atoms with E-state index in [0.29, 0.717) is 5.69 Å². The van der Waals surface area contributed by atoms with Crippen LogP contribution in [0.25, 0.3) is 0 Å². The lowest BCUT2D eigenvalue weighted by atomic mass is 9.91. The molecule has 114 valence electrons. The third-order valence-corrected chi connectivity index (χ3v) is 4.30. The van der Waals surface area contributed by atoms with Gasteiger partial charge in [0, 0.05) is 25.3 Å². The topological polar surface area (TPSA) is 69.3 Å². The summed E-state index contributed by atoms with van der Waals surface area (Å²) in [4.78, 5) is 13.5. The highest BCUT2D eigenvalue weighted by molar-refractivity contribution is 5.85. The molecule has 21 heavy (non-hydrogen) atoms. The van der Waals surface area contributed by atoms with E-state index in [1.807, 2.05) is 24.6 Å². The number of carboxylic acids is 1. The number of nitriles is 1. The smallest absolute Gasteiger partial charge is 0.352 e. The summed E-state index contributed by atoms with van der Waals surface area (Å²) >= 11 is 0. The lowest BCUT2D eigenvalue weighted by Crippen LogP contribution is -2.37. The normalized spacial score (nSPS) is 17.6. The number of carboxylic acid groups (broad SMARTS) is 1. The first-order chi connectivity index (χ1) is 9.93. The second-order valence-electron chi connectivity index (χ2n) is 6.42. The first-order valence-electron chi connectivity index (χ1n) is 7.47. The molecule has 5 nitrogen and oxygen atoms in total. The molecule has 0 unspecified atom stereocenters. The van der Waals surface area contributed by atoms with Crippen molar-refractivity contribution in [2.24, 2.45) is 5.41 Å². The average molecular weight is 289 g/mol. The van der Waals surface area contributed by atoms with Gasteiger partial charge in [-0.3, -0.25) is 0 Å². The molecule has 0 spiro atoms. The Hall–Kier alpha value is -1.80. The third kappa shape index (κ3) is 3.85. The molecule has 5 heteroatoms. The van der Waals surface area contributed by atoms with Gasteiger partial charge in [-0.2, -0.15) is 5.26 Å². The van der Waals surface area contributed by atoms with Crippen molar-refractivity contribution in [1.29, 1.82) is 5.26 Å². The number of aromatic carboxylic acids is 1. The van der Waals surface area contributed by atoms with Gasteiger partial charge < -0.3 is 14.6 Å². The number of hydrogen-bond acceptors (Lipinski definition) is 3. The summed E-state index contributed by atoms with van der Waals surface area (Å²) in [5, 5.41) is 18.2. The predicted octanol–water partition coefficient (Wildman–Crippen LogP) is 2.76. The van der Waals surface area contributed by atoms with Crippen LogP contribution < -0.4 is 0 Å². The summed E-state index contributed by atoms with van der Waals surface area (Å²) in [5.41, 5.74) is 0.104. The van der Waals surface area contributed by atoms with Crippen LogP contribution in [-0.4, -0.2) is 40.2 Å². The Kier molecular flexibility index (Phi) is 4.69. The summed E-state index contributed by atoms with van der Waals surface area (Å²) in [6.45, 7) is 6.80. The highest BCUT2D eigenvalue weighted by Gasteiger charge is 2.25. The van der Waals surface area contributed by atoms with Gasteiger partial charge in [0.25, 0.3) is 0 Å². The fourth-order valence-corrected chi connectivity index (χ4v) is 2.81. The van der Waals surface area contributed by atoms with Crippen molar-refractivity contribution in [3.8, 4) is 6.07 Å². The van der Waals surface area contributed by atoms with E-state index in [1.165, 1.54) is 0 Å². The number of rotatable bonds is 5. The number of piperidine rings is 1. The number of nitrogens with zero attached hydrogens (tertiary/aromatic N) is 3. The van der Waals surface area contributed by atoms with Crippen LogP contribution in [0.15, 0.2) is 18.3 Å². The highest BCUT2D eigenvalue weighted by atomic mass is 16.4. The van der Waals surface area contributed by atoms with Crippen molar-refractivity contribution in [3.63, 3.8) is 0 Å². The maximum absolute atomic E-state index is 11.2. The van der Waals surface area contributed by atoms with Gasteiger partial charge in [0.1, 0.15) is 5.69 Å². The van der Waals surface area contributed by atoms with E-state index in [9.17, 15) is 9.90 Å². The molecule has 0 aromatic carbocycles. The summed E-state index contributed by atoms with van der Waals surface area (Å²) in [6.07, 6.45) is 4.66. The third-order valence-electron chi connectivity index (χ3n) is 4.30. The Morgan fingerprint density at radius 3 is 2.71 bits per heavy atom. The van der Waals surface area contributed by atoms with Crippen molar-refractivity contribution in [1.82, 2.24) is 9.47 Å². The van der Waals surface area contributed by atoms with Crippen LogP contribution in [-0.2, 0) is 0 Å². The molecule has 1 fully saturated rings. The molecule has 2 rings (SSSR count). The van der Waals surface area contributed by atoms with E-state index >= 15 is 0 Å². The quantitative estimate of drug-likeness (QED) is 0.905. The molecule has 0 radical (unpaired) electrons. The van der Waals surface area contributed by atoms with Gasteiger partial charge in [-0.05, 0) is 51.8 Å². The standard InChI is InChI=1S/C16H23N3O2/c1-16(2,12-17)7-11-18-9-5-13(6-10-18)19-8-3-4-14(19)15(20)21/h3-4,8,13H,5-7,9-11H2,1-2H3,(H,20,21). The van der Waals surface area contributed by atoms with Gasteiger partial charge in [0.2, 0.25) is 0 Å². The minimum Gasteiger partial charge on any atom is -0.477 e. The van der Waals surface area contributed by atoms with Gasteiger partial charge in [-0.15, -0.1) is 0 Å². The minimum atomic E-state index is -0.863. The molecule has 2 heterocycles. The van der Waals surface area contributed by atoms with Crippen molar-refractivity contribution in [2.75, 3.05) is 19.6 Å². The highest BCUT2D eigenvalue weighted by Crippen LogP contribution is 2.26. The first kappa shape index (κ1) is 15.6. The first-order valence-corrected chi connectivity index (χ1v) is 7.47. The Balaban J connectivity index is 1.88. The van der Waals surface area contributed by atoms with E-state index in [1.54, 1.807) is 12.1 Å². The molecule has 1 N–H and O–H groups in total. The lowest BCUT2D eigenvalue weighted by Gasteiger charge is -2.34. The van der Waals surface area contributed by atoms with Crippen LogP contribution in [0.4, 0.5) is 0 Å². The largest absolute Gasteiger partial charge is 0.477 e. The fraction of sp³-hybridized carbons (Fsp3) is 0.625. The molecular weight excluding hydrogens is 266 g/mol. The molecule has 1 aliphatic rings. The summed E-state index contributed by atoms with van der Waals surface area (Å²) in [6, 6.07) is 6.06. The van der Waals surface area contributed by atoms with Crippen LogP contribution in [0.5, 0.6) is 0 Å². The molecule has 1 aromatic rings. The van der Waals surface area contributed by atoms with Crippen molar-refractivity contribution in [2.45, 2.75) is 39.2 Å². The maximum Gasteiger partial charge on any atom is 0.352 e. The Bertz CT molecular complexity index is 534. The van der Waals surface area contributed by atoms with Crippen molar-refractivity contribution >= 4 is 5.97 Å². The molecule has 0 amide bonds. The van der Waals surface area contributed by atoms with E-state index in [2.05, 4.69) is 11.0 Å². The lowest BCUT2D eigenvalue weighted by molar-refractivity contribution is 0.0678. The zero-order valence-electron chi connectivity index (χ0n) is 12.7. The Morgan fingerprint density at radius 1 is 1.48 bits per heavy atom. The fourth-order valence-electron chi connectivity index (χ4n) is 2.81. The second kappa shape index (κ2) is 6.31. The average Bonchev–Trinajstić information content (AvgIpc) is 2.95. The Morgan fingerprint density at radius 2 is 2.14 bits per heavy atom. The number of likely N-dealkylation sites (tertiary alicyclic amines) is 1. The van der Waals surface area contributed by atoms with E-state index in [-0.39, 0.29) is 11.5 Å². The van der Waals surface area contributed by atoms with Gasteiger partial charge in [0.15, 0.2) is 0 Å². The summed E-state index contributed by atoms with van der Waals surface area (Å²) in [7, 11) is 0. The molecule has 1 saturated heterocycles. The van der Waals surface area contributed by atoms with Crippen LogP contribution in [0, 0.1) is 16.7 Å². The SMILES string of the molecule is CC(C)(C#N)CCN1CCC(n2cccc2C(=O)O)CC1. The number of hydrogen-bond donors (Lipinski definition) is 1. The minimum absolute atomic E-state index is 0.270. The predicted molar refractivity (Wildman–Crippen MR) is 80.1 cm³/mol. The van der Waals surface area contributed by atoms with E-state index < -0.39 is 5.97 Å². The van der Waals surface area contributed by atoms with E-state index in [4.69, 9.17) is 5.26 Å². The van der Waals surface area contributed by atoms with Gasteiger partial charge in [-0.1, -0.05) is 0 Å². The number of aromatic nitrogens is 1. The van der Waals surface area contributed by atoms with Crippen molar-refractivity contribution < 1.29 is 9.90 Å². The summed E-state index contributed by atoms with van der Waals surface area (Å²) < 4.78 is 1.89. The van der Waals surface area contributed by atoms with Crippen LogP contribution in [0.1, 0.15) is 49.6 Å². The van der Waals surface area contributed by atoms with Gasteiger partial charge in [0.05, 0.1) is 11.5 Å².